The molecule has 3 aromatic rings. The molecule has 0 saturated heterocycles. The normalized spacial score (nSPS) is 12.0. The number of amides is 1. The Morgan fingerprint density at radius 1 is 1.03 bits per heavy atom. The molecule has 1 unspecified atom stereocenters. The van der Waals surface area contributed by atoms with Crippen LogP contribution in [0.1, 0.15) is 31.0 Å². The van der Waals surface area contributed by atoms with E-state index in [0.29, 0.717) is 5.69 Å². The van der Waals surface area contributed by atoms with Crippen molar-refractivity contribution in [2.45, 2.75) is 26.3 Å². The van der Waals surface area contributed by atoms with E-state index in [-0.39, 0.29) is 11.6 Å². The van der Waals surface area contributed by atoms with Crippen LogP contribution in [0, 0.1) is 11.3 Å². The highest BCUT2D eigenvalue weighted by Gasteiger charge is 2.17. The fraction of sp³-hybridized carbons (Fsp3) is 0.154. The maximum Gasteiger partial charge on any atom is 0.263 e. The molecule has 0 aliphatic heterocycles. The van der Waals surface area contributed by atoms with Crippen LogP contribution in [0.2, 0.25) is 0 Å². The molecule has 3 aromatic carbocycles. The molecule has 0 aliphatic carbocycles. The highest BCUT2D eigenvalue weighted by Crippen LogP contribution is 2.27. The first-order valence-electron chi connectivity index (χ1n) is 10.2. The maximum absolute atomic E-state index is 12.9. The quantitative estimate of drug-likeness (QED) is 0.316. The Balaban J connectivity index is 1.87. The molecule has 31 heavy (non-hydrogen) atoms. The molecule has 0 radical (unpaired) electrons. The van der Waals surface area contributed by atoms with E-state index in [1.54, 1.807) is 23.2 Å². The summed E-state index contributed by atoms with van der Waals surface area (Å²) in [5.74, 6) is -0.425. The Morgan fingerprint density at radius 2 is 1.65 bits per heavy atom. The number of hydrogen-bond donors (Lipinski definition) is 2. The van der Waals surface area contributed by atoms with Crippen LogP contribution in [-0.2, 0) is 11.2 Å². The molecule has 0 bridgehead atoms. The predicted octanol–water partition coefficient (Wildman–Crippen LogP) is 5.25. The molecule has 0 spiro atoms. The molecule has 0 saturated carbocycles. The van der Waals surface area contributed by atoms with E-state index in [1.807, 2.05) is 67.6 Å². The van der Waals surface area contributed by atoms with Crippen molar-refractivity contribution in [1.82, 2.24) is 5.32 Å². The number of nitrogen functional groups attached to an aromatic ring is 1. The average Bonchev–Trinajstić information content (AvgIpc) is 2.81. The molecular formula is C26H26N4O. The third-order valence-corrected chi connectivity index (χ3v) is 5.06. The van der Waals surface area contributed by atoms with Gasteiger partial charge >= 0.3 is 0 Å². The topological polar surface area (TPSA) is 82.2 Å². The number of nitrogens with zero attached hydrogens (tertiary/aromatic N) is 2. The summed E-state index contributed by atoms with van der Waals surface area (Å²) in [6, 6.07) is 26.8. The van der Waals surface area contributed by atoms with Crippen LogP contribution in [-0.4, -0.2) is 5.91 Å². The van der Waals surface area contributed by atoms with Gasteiger partial charge in [0.25, 0.3) is 5.91 Å². The number of anilines is 3. The van der Waals surface area contributed by atoms with Crippen molar-refractivity contribution in [2.24, 2.45) is 0 Å². The second-order valence-corrected chi connectivity index (χ2v) is 7.24. The molecule has 0 aromatic heterocycles. The minimum absolute atomic E-state index is 0.0118. The Hall–Kier alpha value is -4.04. The summed E-state index contributed by atoms with van der Waals surface area (Å²) in [6.07, 6.45) is 2.52. The van der Waals surface area contributed by atoms with E-state index in [9.17, 15) is 10.1 Å². The first-order chi connectivity index (χ1) is 15.0. The molecule has 1 amide bonds. The fourth-order valence-corrected chi connectivity index (χ4v) is 3.19. The molecule has 5 heteroatoms. The Labute approximate surface area is 183 Å². The Morgan fingerprint density at radius 3 is 2.23 bits per heavy atom. The second kappa shape index (κ2) is 10.1. The number of carbonyl (C=O) groups excluding carboxylic acids is 1. The van der Waals surface area contributed by atoms with E-state index in [4.69, 9.17) is 5.73 Å². The monoisotopic (exact) mass is 410 g/mol. The molecule has 156 valence electrons. The lowest BCUT2D eigenvalue weighted by atomic mass is 10.0. The molecular weight excluding hydrogens is 384 g/mol. The van der Waals surface area contributed by atoms with E-state index < -0.39 is 5.91 Å². The number of carbonyl (C=O) groups is 1. The summed E-state index contributed by atoms with van der Waals surface area (Å²) in [5.41, 5.74) is 10.3. The van der Waals surface area contributed by atoms with Crippen molar-refractivity contribution in [1.29, 1.82) is 5.26 Å². The van der Waals surface area contributed by atoms with Crippen LogP contribution in [0.4, 0.5) is 17.1 Å². The number of benzene rings is 3. The highest BCUT2D eigenvalue weighted by molar-refractivity contribution is 5.98. The molecule has 0 aliphatic rings. The number of rotatable bonds is 7. The summed E-state index contributed by atoms with van der Waals surface area (Å²) >= 11 is 0. The van der Waals surface area contributed by atoms with E-state index in [1.165, 1.54) is 5.56 Å². The minimum atomic E-state index is -0.425. The van der Waals surface area contributed by atoms with Crippen LogP contribution in [0.15, 0.2) is 90.6 Å². The molecule has 3 rings (SSSR count). The van der Waals surface area contributed by atoms with Crippen LogP contribution in [0.25, 0.3) is 0 Å². The molecule has 5 nitrogen and oxygen atoms in total. The van der Waals surface area contributed by atoms with E-state index >= 15 is 0 Å². The zero-order valence-corrected chi connectivity index (χ0v) is 17.7. The van der Waals surface area contributed by atoms with Crippen molar-refractivity contribution < 1.29 is 4.79 Å². The summed E-state index contributed by atoms with van der Waals surface area (Å²) in [6.45, 7) is 4.01. The van der Waals surface area contributed by atoms with Gasteiger partial charge in [-0.15, -0.1) is 0 Å². The minimum Gasteiger partial charge on any atom is -0.399 e. The van der Waals surface area contributed by atoms with Gasteiger partial charge in [0.15, 0.2) is 0 Å². The summed E-state index contributed by atoms with van der Waals surface area (Å²) < 4.78 is 0. The smallest absolute Gasteiger partial charge is 0.263 e. The van der Waals surface area contributed by atoms with Gasteiger partial charge < -0.3 is 16.0 Å². The summed E-state index contributed by atoms with van der Waals surface area (Å²) in [7, 11) is 0. The molecule has 3 N–H and O–H groups in total. The summed E-state index contributed by atoms with van der Waals surface area (Å²) in [4.78, 5) is 14.7. The highest BCUT2D eigenvalue weighted by atomic mass is 16.1. The van der Waals surface area contributed by atoms with Gasteiger partial charge in [0, 0.05) is 23.3 Å². The van der Waals surface area contributed by atoms with Gasteiger partial charge in [-0.1, -0.05) is 49.4 Å². The number of nitrogens with one attached hydrogen (secondary N) is 1. The van der Waals surface area contributed by atoms with Gasteiger partial charge in [-0.25, -0.2) is 0 Å². The number of hydrogen-bond acceptors (Lipinski definition) is 4. The van der Waals surface area contributed by atoms with Crippen LogP contribution in [0.3, 0.4) is 0 Å². The average molecular weight is 411 g/mol. The van der Waals surface area contributed by atoms with Gasteiger partial charge in [0.1, 0.15) is 11.6 Å². The molecule has 0 fully saturated rings. The van der Waals surface area contributed by atoms with Crippen LogP contribution >= 0.6 is 0 Å². The lowest BCUT2D eigenvalue weighted by Crippen LogP contribution is -2.28. The Kier molecular flexibility index (Phi) is 7.08. The van der Waals surface area contributed by atoms with E-state index in [2.05, 4.69) is 24.4 Å². The molecule has 0 heterocycles. The second-order valence-electron chi connectivity index (χ2n) is 7.24. The van der Waals surface area contributed by atoms with Gasteiger partial charge in [-0.3, -0.25) is 4.79 Å². The standard InChI is InChI=1S/C26H26N4O/c1-3-20-9-11-21(12-10-20)19(2)29-26(31)22(17-27)18-30(24-7-5-4-6-8-24)25-15-13-23(28)14-16-25/h4-16,18-19H,3,28H2,1-2H3,(H,29,31)/b22-18-. The van der Waals surface area contributed by atoms with Gasteiger partial charge in [-0.05, 0) is 60.9 Å². The van der Waals surface area contributed by atoms with Crippen molar-refractivity contribution in [3.8, 4) is 6.07 Å². The van der Waals surface area contributed by atoms with Crippen molar-refractivity contribution in [2.75, 3.05) is 10.6 Å². The zero-order valence-electron chi connectivity index (χ0n) is 17.7. The number of nitrogens with two attached hydrogens (primary N) is 1. The van der Waals surface area contributed by atoms with E-state index in [0.717, 1.165) is 23.4 Å². The zero-order chi connectivity index (χ0) is 22.2. The number of nitriles is 1. The first-order valence-corrected chi connectivity index (χ1v) is 10.2. The Bertz CT molecular complexity index is 1080. The predicted molar refractivity (Wildman–Crippen MR) is 126 cm³/mol. The first kappa shape index (κ1) is 21.7. The third-order valence-electron chi connectivity index (χ3n) is 5.06. The number of para-hydroxylation sites is 1. The van der Waals surface area contributed by atoms with Gasteiger partial charge in [0.2, 0.25) is 0 Å². The largest absolute Gasteiger partial charge is 0.399 e. The maximum atomic E-state index is 12.9. The fourth-order valence-electron chi connectivity index (χ4n) is 3.19. The third kappa shape index (κ3) is 5.52. The lowest BCUT2D eigenvalue weighted by Gasteiger charge is -2.22. The van der Waals surface area contributed by atoms with Crippen LogP contribution < -0.4 is 16.0 Å². The van der Waals surface area contributed by atoms with Gasteiger partial charge in [0.05, 0.1) is 6.04 Å². The van der Waals surface area contributed by atoms with Crippen LogP contribution in [0.5, 0.6) is 0 Å². The lowest BCUT2D eigenvalue weighted by molar-refractivity contribution is -0.117. The molecule has 1 atom stereocenters. The summed E-state index contributed by atoms with van der Waals surface area (Å²) in [5, 5.41) is 12.6. The van der Waals surface area contributed by atoms with Crippen molar-refractivity contribution >= 4 is 23.0 Å². The van der Waals surface area contributed by atoms with Crippen molar-refractivity contribution in [3.05, 3.63) is 102 Å². The number of aryl methyl sites for hydroxylation is 1. The van der Waals surface area contributed by atoms with Crippen molar-refractivity contribution in [3.63, 3.8) is 0 Å². The van der Waals surface area contributed by atoms with Gasteiger partial charge in [-0.2, -0.15) is 5.26 Å². The SMILES string of the molecule is CCc1ccc(C(C)NC(=O)/C(C#N)=C\N(c2ccccc2)c2ccc(N)cc2)cc1.